The van der Waals surface area contributed by atoms with E-state index in [-0.39, 0.29) is 17.5 Å². The molecule has 1 aromatic rings. The third-order valence-corrected chi connectivity index (χ3v) is 3.86. The highest BCUT2D eigenvalue weighted by atomic mass is 32.2. The normalized spacial score (nSPS) is 17.2. The van der Waals surface area contributed by atoms with Crippen LogP contribution in [0.25, 0.3) is 6.08 Å². The number of hydrazone groups is 1. The summed E-state index contributed by atoms with van der Waals surface area (Å²) in [5, 5.41) is 18.6. The summed E-state index contributed by atoms with van der Waals surface area (Å²) in [6.45, 7) is 2.70. The minimum atomic E-state index is -0.478. The molecule has 2 rings (SSSR count). The number of nitro benzene ring substituents is 1. The van der Waals surface area contributed by atoms with Crippen LogP contribution < -0.4 is 5.32 Å². The Morgan fingerprint density at radius 2 is 2.09 bits per heavy atom. The monoisotopic (exact) mass is 334 g/mol. The van der Waals surface area contributed by atoms with E-state index >= 15 is 0 Å². The molecule has 1 aliphatic heterocycles. The Morgan fingerprint density at radius 3 is 2.70 bits per heavy atom. The molecular weight excluding hydrogens is 320 g/mol. The van der Waals surface area contributed by atoms with Gasteiger partial charge in [-0.05, 0) is 18.2 Å². The van der Waals surface area contributed by atoms with Crippen LogP contribution in [0.5, 0.6) is 0 Å². The van der Waals surface area contributed by atoms with Gasteiger partial charge in [0.25, 0.3) is 5.69 Å². The predicted octanol–water partition coefficient (Wildman–Crippen LogP) is 1.94. The van der Waals surface area contributed by atoms with Gasteiger partial charge in [0.05, 0.1) is 10.5 Å². The van der Waals surface area contributed by atoms with E-state index in [1.54, 1.807) is 30.4 Å². The molecule has 0 saturated heterocycles. The fraction of sp³-hybridized carbons (Fsp3) is 0.214. The molecule has 0 aliphatic carbocycles. The van der Waals surface area contributed by atoms with Gasteiger partial charge in [-0.1, -0.05) is 23.9 Å². The number of amidine groups is 1. The Hall–Kier alpha value is -2.68. The summed E-state index contributed by atoms with van der Waals surface area (Å²) in [5.41, 5.74) is 0.402. The molecular formula is C14H14N4O4S. The number of rotatable bonds is 3. The van der Waals surface area contributed by atoms with Crippen LogP contribution in [0.3, 0.4) is 0 Å². The number of benzene rings is 1. The van der Waals surface area contributed by atoms with Crippen LogP contribution in [-0.4, -0.2) is 32.3 Å². The van der Waals surface area contributed by atoms with Gasteiger partial charge in [-0.2, -0.15) is 0 Å². The third-order valence-electron chi connectivity index (χ3n) is 2.85. The molecule has 0 aromatic heterocycles. The van der Waals surface area contributed by atoms with Gasteiger partial charge in [0, 0.05) is 19.9 Å². The average Bonchev–Trinajstić information content (AvgIpc) is 2.87. The van der Waals surface area contributed by atoms with E-state index in [9.17, 15) is 19.7 Å². The van der Waals surface area contributed by atoms with Crippen LogP contribution in [0, 0.1) is 10.1 Å². The van der Waals surface area contributed by atoms with E-state index in [2.05, 4.69) is 10.4 Å². The van der Waals surface area contributed by atoms with Crippen LogP contribution in [0.15, 0.2) is 35.4 Å². The van der Waals surface area contributed by atoms with Gasteiger partial charge in [-0.3, -0.25) is 19.7 Å². The number of carbonyl (C=O) groups excluding carboxylic acids is 2. The highest BCUT2D eigenvalue weighted by molar-refractivity contribution is 8.14. The van der Waals surface area contributed by atoms with Crippen molar-refractivity contribution in [3.05, 3.63) is 46.0 Å². The Morgan fingerprint density at radius 1 is 1.39 bits per heavy atom. The fourth-order valence-corrected chi connectivity index (χ4v) is 2.92. The summed E-state index contributed by atoms with van der Waals surface area (Å²) in [5.74, 6) is -0.585. The molecule has 1 atom stereocenters. The van der Waals surface area contributed by atoms with Gasteiger partial charge in [0.1, 0.15) is 5.37 Å². The number of nitrogens with one attached hydrogen (secondary N) is 1. The molecule has 0 unspecified atom stereocenters. The van der Waals surface area contributed by atoms with E-state index in [1.807, 2.05) is 0 Å². The molecule has 1 heterocycles. The van der Waals surface area contributed by atoms with Crippen molar-refractivity contribution in [3.8, 4) is 0 Å². The molecule has 9 heteroatoms. The molecule has 0 bridgehead atoms. The number of thioether (sulfide) groups is 1. The minimum absolute atomic E-state index is 0.0240. The fourth-order valence-electron chi connectivity index (χ4n) is 1.90. The SMILES string of the molecule is CC(=O)NC1=NN(C(C)=O)[C@H](/C=C/c2ccccc2[N+](=O)[O-])S1. The molecule has 2 amide bonds. The Balaban J connectivity index is 2.21. The first kappa shape index (κ1) is 16.7. The lowest BCUT2D eigenvalue weighted by molar-refractivity contribution is -0.385. The van der Waals surface area contributed by atoms with Crippen molar-refractivity contribution < 1.29 is 14.5 Å². The summed E-state index contributed by atoms with van der Waals surface area (Å²) >= 11 is 1.18. The lowest BCUT2D eigenvalue weighted by Gasteiger charge is -2.14. The first-order chi connectivity index (χ1) is 10.9. The lowest BCUT2D eigenvalue weighted by Crippen LogP contribution is -2.27. The smallest absolute Gasteiger partial charge is 0.276 e. The largest absolute Gasteiger partial charge is 0.304 e. The van der Waals surface area contributed by atoms with Crippen molar-refractivity contribution in [3.63, 3.8) is 0 Å². The summed E-state index contributed by atoms with van der Waals surface area (Å²) in [4.78, 5) is 33.2. The topological polar surface area (TPSA) is 105 Å². The van der Waals surface area contributed by atoms with Gasteiger partial charge in [0.2, 0.25) is 11.8 Å². The van der Waals surface area contributed by atoms with Gasteiger partial charge in [-0.25, -0.2) is 5.01 Å². The van der Waals surface area contributed by atoms with Crippen molar-refractivity contribution in [2.75, 3.05) is 0 Å². The molecule has 1 N–H and O–H groups in total. The van der Waals surface area contributed by atoms with Crippen LogP contribution in [0.4, 0.5) is 5.69 Å². The molecule has 8 nitrogen and oxygen atoms in total. The second-order valence-corrected chi connectivity index (χ2v) is 5.74. The quantitative estimate of drug-likeness (QED) is 0.672. The summed E-state index contributed by atoms with van der Waals surface area (Å²) in [6.07, 6.45) is 3.20. The van der Waals surface area contributed by atoms with E-state index in [4.69, 9.17) is 0 Å². The molecule has 0 spiro atoms. The van der Waals surface area contributed by atoms with Crippen molar-refractivity contribution in [1.82, 2.24) is 10.3 Å². The van der Waals surface area contributed by atoms with Crippen LogP contribution in [-0.2, 0) is 9.59 Å². The zero-order valence-corrected chi connectivity index (χ0v) is 13.2. The van der Waals surface area contributed by atoms with E-state index in [1.165, 1.54) is 36.7 Å². The zero-order chi connectivity index (χ0) is 17.0. The Bertz CT molecular complexity index is 716. The van der Waals surface area contributed by atoms with Crippen molar-refractivity contribution in [2.45, 2.75) is 19.2 Å². The third kappa shape index (κ3) is 4.16. The number of hydrogen-bond acceptors (Lipinski definition) is 6. The molecule has 120 valence electrons. The number of nitrogens with zero attached hydrogens (tertiary/aromatic N) is 3. The number of carbonyl (C=O) groups is 2. The second-order valence-electron chi connectivity index (χ2n) is 4.63. The molecule has 0 radical (unpaired) electrons. The van der Waals surface area contributed by atoms with Gasteiger partial charge < -0.3 is 5.32 Å². The Kier molecular flexibility index (Phi) is 5.12. The number of hydrogen-bond donors (Lipinski definition) is 1. The van der Waals surface area contributed by atoms with Crippen molar-refractivity contribution in [1.29, 1.82) is 0 Å². The standard InChI is InChI=1S/C14H14N4O4S/c1-9(19)15-14-16-17(10(2)20)13(23-14)8-7-11-5-3-4-6-12(11)18(21)22/h3-8,13H,1-2H3,(H,15,16,19)/b8-7+/t13-/m0/s1. The van der Waals surface area contributed by atoms with Gasteiger partial charge >= 0.3 is 0 Å². The maximum absolute atomic E-state index is 11.6. The van der Waals surface area contributed by atoms with E-state index in [0.717, 1.165) is 0 Å². The highest BCUT2D eigenvalue weighted by Gasteiger charge is 2.29. The van der Waals surface area contributed by atoms with E-state index in [0.29, 0.717) is 10.7 Å². The highest BCUT2D eigenvalue weighted by Crippen LogP contribution is 2.28. The molecule has 0 saturated carbocycles. The summed E-state index contributed by atoms with van der Waals surface area (Å²) < 4.78 is 0. The van der Waals surface area contributed by atoms with Gasteiger partial charge in [0.15, 0.2) is 5.17 Å². The van der Waals surface area contributed by atoms with Gasteiger partial charge in [-0.15, -0.1) is 5.10 Å². The number of para-hydroxylation sites is 1. The molecule has 23 heavy (non-hydrogen) atoms. The lowest BCUT2D eigenvalue weighted by atomic mass is 10.1. The van der Waals surface area contributed by atoms with Crippen molar-refractivity contribution >= 4 is 40.5 Å². The Labute approximate surface area is 136 Å². The van der Waals surface area contributed by atoms with Crippen LogP contribution in [0.2, 0.25) is 0 Å². The maximum Gasteiger partial charge on any atom is 0.276 e. The summed E-state index contributed by atoms with van der Waals surface area (Å²) in [6, 6.07) is 6.29. The van der Waals surface area contributed by atoms with E-state index < -0.39 is 10.3 Å². The molecule has 1 aliphatic rings. The minimum Gasteiger partial charge on any atom is -0.304 e. The van der Waals surface area contributed by atoms with Crippen molar-refractivity contribution in [2.24, 2.45) is 5.10 Å². The number of amides is 2. The average molecular weight is 334 g/mol. The molecule has 1 aromatic carbocycles. The van der Waals surface area contributed by atoms with Crippen LogP contribution in [0.1, 0.15) is 19.4 Å². The first-order valence-corrected chi connectivity index (χ1v) is 7.50. The first-order valence-electron chi connectivity index (χ1n) is 6.62. The predicted molar refractivity (Wildman–Crippen MR) is 87.3 cm³/mol. The zero-order valence-electron chi connectivity index (χ0n) is 12.4. The maximum atomic E-state index is 11.6. The van der Waals surface area contributed by atoms with Crippen LogP contribution >= 0.6 is 11.8 Å². The number of nitro groups is 1. The summed E-state index contributed by atoms with van der Waals surface area (Å²) in [7, 11) is 0. The second kappa shape index (κ2) is 7.05. The molecule has 0 fully saturated rings.